The Bertz CT molecular complexity index is 822. The second kappa shape index (κ2) is 6.55. The average Bonchev–Trinajstić information content (AvgIpc) is 2.51. The molecule has 0 saturated heterocycles. The fraction of sp³-hybridized carbons (Fsp3) is 0.263. The quantitative estimate of drug-likeness (QED) is 0.763. The number of hydrogen-bond donors (Lipinski definition) is 1. The van der Waals surface area contributed by atoms with Crippen molar-refractivity contribution in [2.24, 2.45) is 5.92 Å². The van der Waals surface area contributed by atoms with Gasteiger partial charge in [-0.15, -0.1) is 12.4 Å². The maximum absolute atomic E-state index is 5.93. The summed E-state index contributed by atoms with van der Waals surface area (Å²) in [7, 11) is 0. The molecular formula is C19H20ClN3. The Hall–Kier alpha value is -2.13. The van der Waals surface area contributed by atoms with Crippen molar-refractivity contribution in [2.45, 2.75) is 25.7 Å². The minimum atomic E-state index is 0. The van der Waals surface area contributed by atoms with Gasteiger partial charge in [-0.3, -0.25) is 4.98 Å². The van der Waals surface area contributed by atoms with Gasteiger partial charge in [0.15, 0.2) is 0 Å². The molecule has 3 nitrogen and oxygen atoms in total. The Morgan fingerprint density at radius 2 is 1.83 bits per heavy atom. The number of nitrogen functional groups attached to an aromatic ring is 1. The van der Waals surface area contributed by atoms with Gasteiger partial charge >= 0.3 is 0 Å². The van der Waals surface area contributed by atoms with Crippen LogP contribution in [0.4, 0.5) is 5.82 Å². The van der Waals surface area contributed by atoms with Crippen LogP contribution in [0.1, 0.15) is 25.0 Å². The molecule has 1 fully saturated rings. The standard InChI is InChI=1S/C19H19N3.ClH/c20-18-10-9-15(17(22-18)12-13-4-1-5-13)16-8-2-6-14-7-3-11-21-19(14)16;/h2-3,6-11,13H,1,4-5,12H2,(H2,20,22);1H. The first kappa shape index (κ1) is 15.8. The maximum atomic E-state index is 5.93. The molecule has 2 N–H and O–H groups in total. The van der Waals surface area contributed by atoms with Crippen molar-refractivity contribution < 1.29 is 0 Å². The molecule has 0 atom stereocenters. The summed E-state index contributed by atoms with van der Waals surface area (Å²) in [5.74, 6) is 1.36. The number of hydrogen-bond acceptors (Lipinski definition) is 3. The van der Waals surface area contributed by atoms with Crippen LogP contribution in [-0.2, 0) is 6.42 Å². The summed E-state index contributed by atoms with van der Waals surface area (Å²) < 4.78 is 0. The van der Waals surface area contributed by atoms with Crippen LogP contribution in [0.5, 0.6) is 0 Å². The molecule has 3 aromatic rings. The first-order valence-corrected chi connectivity index (χ1v) is 7.91. The highest BCUT2D eigenvalue weighted by Crippen LogP contribution is 2.35. The van der Waals surface area contributed by atoms with E-state index in [1.165, 1.54) is 24.8 Å². The minimum Gasteiger partial charge on any atom is -0.384 e. The molecule has 0 amide bonds. The van der Waals surface area contributed by atoms with E-state index < -0.39 is 0 Å². The molecule has 4 rings (SSSR count). The predicted octanol–water partition coefficient (Wildman–Crippen LogP) is 4.64. The van der Waals surface area contributed by atoms with Crippen LogP contribution in [-0.4, -0.2) is 9.97 Å². The first-order chi connectivity index (χ1) is 10.8. The average molecular weight is 326 g/mol. The fourth-order valence-electron chi connectivity index (χ4n) is 3.21. The molecule has 1 aliphatic rings. The van der Waals surface area contributed by atoms with Gasteiger partial charge in [-0.1, -0.05) is 43.5 Å². The molecule has 0 unspecified atom stereocenters. The van der Waals surface area contributed by atoms with E-state index in [-0.39, 0.29) is 12.4 Å². The Kier molecular flexibility index (Phi) is 4.49. The van der Waals surface area contributed by atoms with E-state index in [4.69, 9.17) is 5.73 Å². The minimum absolute atomic E-state index is 0. The van der Waals surface area contributed by atoms with Crippen LogP contribution in [0.25, 0.3) is 22.0 Å². The Morgan fingerprint density at radius 3 is 2.61 bits per heavy atom. The second-order valence-corrected chi connectivity index (χ2v) is 6.11. The fourth-order valence-corrected chi connectivity index (χ4v) is 3.21. The number of pyridine rings is 2. The summed E-state index contributed by atoms with van der Waals surface area (Å²) in [4.78, 5) is 9.20. The van der Waals surface area contributed by atoms with Crippen molar-refractivity contribution in [3.8, 4) is 11.1 Å². The van der Waals surface area contributed by atoms with Gasteiger partial charge in [0.2, 0.25) is 0 Å². The largest absolute Gasteiger partial charge is 0.384 e. The molecule has 0 bridgehead atoms. The van der Waals surface area contributed by atoms with Crippen LogP contribution in [0, 0.1) is 5.92 Å². The lowest BCUT2D eigenvalue weighted by molar-refractivity contribution is 0.312. The number of halogens is 1. The molecule has 118 valence electrons. The summed E-state index contributed by atoms with van der Waals surface area (Å²) in [5, 5.41) is 1.16. The molecule has 0 spiro atoms. The number of fused-ring (bicyclic) bond motifs is 1. The van der Waals surface area contributed by atoms with Gasteiger partial charge in [-0.25, -0.2) is 4.98 Å². The van der Waals surface area contributed by atoms with Crippen molar-refractivity contribution >= 4 is 29.1 Å². The van der Waals surface area contributed by atoms with Crippen LogP contribution < -0.4 is 5.73 Å². The summed E-state index contributed by atoms with van der Waals surface area (Å²) in [5.41, 5.74) is 10.4. The van der Waals surface area contributed by atoms with Gasteiger partial charge in [-0.05, 0) is 30.5 Å². The SMILES string of the molecule is Cl.Nc1ccc(-c2cccc3cccnc23)c(CC2CCC2)n1. The van der Waals surface area contributed by atoms with Crippen LogP contribution in [0.3, 0.4) is 0 Å². The second-order valence-electron chi connectivity index (χ2n) is 6.11. The number of para-hydroxylation sites is 1. The van der Waals surface area contributed by atoms with Gasteiger partial charge < -0.3 is 5.73 Å². The van der Waals surface area contributed by atoms with E-state index in [1.807, 2.05) is 18.3 Å². The van der Waals surface area contributed by atoms with Crippen molar-refractivity contribution in [1.29, 1.82) is 0 Å². The molecular weight excluding hydrogens is 306 g/mol. The van der Waals surface area contributed by atoms with Crippen molar-refractivity contribution in [1.82, 2.24) is 9.97 Å². The topological polar surface area (TPSA) is 51.8 Å². The van der Waals surface area contributed by atoms with Crippen LogP contribution >= 0.6 is 12.4 Å². The summed E-state index contributed by atoms with van der Waals surface area (Å²) in [6.45, 7) is 0. The third-order valence-corrected chi connectivity index (χ3v) is 4.63. The zero-order chi connectivity index (χ0) is 14.9. The van der Waals surface area contributed by atoms with Gasteiger partial charge in [0.1, 0.15) is 5.82 Å². The van der Waals surface area contributed by atoms with Gasteiger partial charge in [0, 0.05) is 22.7 Å². The number of nitrogens with two attached hydrogens (primary N) is 1. The third-order valence-electron chi connectivity index (χ3n) is 4.63. The van der Waals surface area contributed by atoms with Gasteiger partial charge in [0.05, 0.1) is 11.2 Å². The zero-order valence-electron chi connectivity index (χ0n) is 12.9. The van der Waals surface area contributed by atoms with Gasteiger partial charge in [-0.2, -0.15) is 0 Å². The summed E-state index contributed by atoms with van der Waals surface area (Å²) in [6, 6.07) is 14.4. The maximum Gasteiger partial charge on any atom is 0.123 e. The lowest BCUT2D eigenvalue weighted by Crippen LogP contribution is -2.15. The van der Waals surface area contributed by atoms with Crippen molar-refractivity contribution in [2.75, 3.05) is 5.73 Å². The first-order valence-electron chi connectivity index (χ1n) is 7.91. The third kappa shape index (κ3) is 3.02. The normalized spacial score (nSPS) is 14.3. The molecule has 2 aromatic heterocycles. The van der Waals surface area contributed by atoms with Crippen molar-refractivity contribution in [3.63, 3.8) is 0 Å². The van der Waals surface area contributed by atoms with E-state index in [9.17, 15) is 0 Å². The van der Waals surface area contributed by atoms with Crippen LogP contribution in [0.15, 0.2) is 48.7 Å². The molecule has 1 saturated carbocycles. The number of benzene rings is 1. The number of anilines is 1. The monoisotopic (exact) mass is 325 g/mol. The van der Waals surface area contributed by atoms with Crippen LogP contribution in [0.2, 0.25) is 0 Å². The molecule has 2 heterocycles. The summed E-state index contributed by atoms with van der Waals surface area (Å²) in [6.07, 6.45) is 6.83. The molecule has 4 heteroatoms. The Balaban J connectivity index is 0.00000156. The van der Waals surface area contributed by atoms with E-state index in [0.29, 0.717) is 5.82 Å². The molecule has 0 aliphatic heterocycles. The Morgan fingerprint density at radius 1 is 1.00 bits per heavy atom. The van der Waals surface area contributed by atoms with E-state index in [2.05, 4.69) is 40.3 Å². The van der Waals surface area contributed by atoms with E-state index in [0.717, 1.165) is 34.5 Å². The predicted molar refractivity (Wildman–Crippen MR) is 97.7 cm³/mol. The lowest BCUT2D eigenvalue weighted by Gasteiger charge is -2.26. The van der Waals surface area contributed by atoms with E-state index in [1.54, 1.807) is 0 Å². The molecule has 23 heavy (non-hydrogen) atoms. The number of aromatic nitrogens is 2. The number of rotatable bonds is 3. The Labute approximate surface area is 142 Å². The highest BCUT2D eigenvalue weighted by Gasteiger charge is 2.21. The molecule has 1 aromatic carbocycles. The smallest absolute Gasteiger partial charge is 0.123 e. The highest BCUT2D eigenvalue weighted by molar-refractivity contribution is 5.94. The van der Waals surface area contributed by atoms with Crippen molar-refractivity contribution in [3.05, 3.63) is 54.4 Å². The summed E-state index contributed by atoms with van der Waals surface area (Å²) >= 11 is 0. The zero-order valence-corrected chi connectivity index (χ0v) is 13.7. The highest BCUT2D eigenvalue weighted by atomic mass is 35.5. The lowest BCUT2D eigenvalue weighted by atomic mass is 9.81. The molecule has 1 aliphatic carbocycles. The number of nitrogens with zero attached hydrogens (tertiary/aromatic N) is 2. The van der Waals surface area contributed by atoms with Gasteiger partial charge in [0.25, 0.3) is 0 Å². The molecule has 0 radical (unpaired) electrons. The van der Waals surface area contributed by atoms with E-state index >= 15 is 0 Å².